The summed E-state index contributed by atoms with van der Waals surface area (Å²) >= 11 is 0. The average molecular weight is 553 g/mol. The third-order valence-corrected chi connectivity index (χ3v) is 8.78. The Morgan fingerprint density at radius 2 is 1.90 bits per heavy atom. The number of carbonyl (C=O) groups excluding carboxylic acids is 3. The fourth-order valence-electron chi connectivity index (χ4n) is 6.51. The lowest BCUT2D eigenvalue weighted by Gasteiger charge is -2.46. The number of hydrogen-bond donors (Lipinski definition) is 3. The van der Waals surface area contributed by atoms with E-state index in [0.717, 1.165) is 17.7 Å². The van der Waals surface area contributed by atoms with Crippen LogP contribution in [0.5, 0.6) is 0 Å². The first-order chi connectivity index (χ1) is 19.6. The Bertz CT molecular complexity index is 1550. The highest BCUT2D eigenvalue weighted by Crippen LogP contribution is 2.65. The number of nitrogens with zero attached hydrogens (tertiary/aromatic N) is 3. The topological polar surface area (TPSA) is 114 Å². The molecule has 1 aliphatic carbocycles. The van der Waals surface area contributed by atoms with Gasteiger partial charge in [0.1, 0.15) is 11.7 Å². The monoisotopic (exact) mass is 552 g/mol. The Labute approximate surface area is 239 Å². The number of rotatable bonds is 5. The summed E-state index contributed by atoms with van der Waals surface area (Å²) in [6, 6.07) is 17.6. The maximum absolute atomic E-state index is 13.2. The molecule has 2 aliphatic heterocycles. The van der Waals surface area contributed by atoms with E-state index < -0.39 is 6.04 Å². The molecule has 1 aromatic carbocycles. The van der Waals surface area contributed by atoms with Crippen LogP contribution in [0.4, 0.5) is 0 Å². The van der Waals surface area contributed by atoms with Gasteiger partial charge in [-0.05, 0) is 60.5 Å². The van der Waals surface area contributed by atoms with E-state index in [1.165, 1.54) is 16.6 Å². The summed E-state index contributed by atoms with van der Waals surface area (Å²) in [5.41, 5.74) is 4.39. The third-order valence-electron chi connectivity index (χ3n) is 8.78. The van der Waals surface area contributed by atoms with E-state index in [2.05, 4.69) is 51.5 Å². The van der Waals surface area contributed by atoms with Crippen LogP contribution in [0.1, 0.15) is 43.4 Å². The number of aryl methyl sites for hydroxylation is 1. The predicted molar refractivity (Wildman–Crippen MR) is 157 cm³/mol. The van der Waals surface area contributed by atoms with Crippen LogP contribution in [0.25, 0.3) is 22.2 Å². The highest BCUT2D eigenvalue weighted by molar-refractivity contribution is 5.94. The summed E-state index contributed by atoms with van der Waals surface area (Å²) in [5.74, 6) is -0.149. The number of aromatic amines is 2. The molecule has 7 rings (SSSR count). The standard InChI is InChI=1S/C23H27N5O3.C9H9N/c1-22(2,3)19(26-13-29)21(31)27-11-18-23(9-17(23)27)12-28(18)20(30)16-7-6-14(10-25-16)15-5-4-8-24-15;1-7-6-8-4-2-3-5-9(8)10-7/h4-8,10,13,17-19,24H,9,11-12H2,1-3H3,(H,26,29);2-6,10H,1H3/t17?,18?,19-,23?;/m1./s1. The minimum absolute atomic E-state index is 0.0238. The Morgan fingerprint density at radius 3 is 2.56 bits per heavy atom. The van der Waals surface area contributed by atoms with E-state index in [-0.39, 0.29) is 34.7 Å². The van der Waals surface area contributed by atoms with Gasteiger partial charge in [-0.25, -0.2) is 0 Å². The van der Waals surface area contributed by atoms with Gasteiger partial charge in [0.2, 0.25) is 12.3 Å². The SMILES string of the molecule is CC(C)(C)[C@H](NC=O)C(=O)N1CC2N(C(=O)c3ccc(-c4ccc[nH]4)cn3)CC23CC13.Cc1cc2ccccc2[nH]1. The molecule has 4 aromatic rings. The van der Waals surface area contributed by atoms with E-state index in [9.17, 15) is 14.4 Å². The molecule has 3 aromatic heterocycles. The van der Waals surface area contributed by atoms with Crippen molar-refractivity contribution < 1.29 is 14.4 Å². The van der Waals surface area contributed by atoms with E-state index in [1.54, 1.807) is 12.3 Å². The number of piperidine rings is 1. The van der Waals surface area contributed by atoms with Crippen molar-refractivity contribution in [3.63, 3.8) is 0 Å². The number of carbonyl (C=O) groups is 3. The average Bonchev–Trinajstić information content (AvgIpc) is 3.22. The molecule has 5 heterocycles. The van der Waals surface area contributed by atoms with E-state index in [4.69, 9.17) is 0 Å². The molecule has 41 heavy (non-hydrogen) atoms. The van der Waals surface area contributed by atoms with Crippen LogP contribution >= 0.6 is 0 Å². The van der Waals surface area contributed by atoms with Crippen molar-refractivity contribution in [1.29, 1.82) is 0 Å². The Morgan fingerprint density at radius 1 is 1.10 bits per heavy atom. The van der Waals surface area contributed by atoms with Crippen molar-refractivity contribution >= 4 is 29.1 Å². The first kappa shape index (κ1) is 26.8. The summed E-state index contributed by atoms with van der Waals surface area (Å²) < 4.78 is 0. The Balaban J connectivity index is 0.000000253. The number of pyridine rings is 1. The van der Waals surface area contributed by atoms with Gasteiger partial charge in [-0.2, -0.15) is 0 Å². The molecule has 2 saturated heterocycles. The van der Waals surface area contributed by atoms with E-state index >= 15 is 0 Å². The van der Waals surface area contributed by atoms with Gasteiger partial charge in [0.05, 0.1) is 6.04 Å². The first-order valence-electron chi connectivity index (χ1n) is 14.1. The smallest absolute Gasteiger partial charge is 0.272 e. The second-order valence-electron chi connectivity index (χ2n) is 12.5. The maximum atomic E-state index is 13.2. The van der Waals surface area contributed by atoms with Crippen molar-refractivity contribution in [2.75, 3.05) is 13.1 Å². The summed E-state index contributed by atoms with van der Waals surface area (Å²) in [6.07, 6.45) is 5.07. The molecule has 1 spiro atoms. The molecule has 3 aliphatic rings. The Kier molecular flexibility index (Phi) is 6.47. The van der Waals surface area contributed by atoms with Crippen LogP contribution in [0.3, 0.4) is 0 Å². The van der Waals surface area contributed by atoms with Gasteiger partial charge in [0.25, 0.3) is 5.91 Å². The van der Waals surface area contributed by atoms with Crippen LogP contribution in [-0.4, -0.2) is 74.2 Å². The van der Waals surface area contributed by atoms with E-state index in [0.29, 0.717) is 25.2 Å². The molecule has 3 unspecified atom stereocenters. The summed E-state index contributed by atoms with van der Waals surface area (Å²) in [5, 5.41) is 3.99. The zero-order valence-electron chi connectivity index (χ0n) is 23.8. The number of aromatic nitrogens is 3. The van der Waals surface area contributed by atoms with Crippen LogP contribution in [-0.2, 0) is 9.59 Å². The van der Waals surface area contributed by atoms with Crippen LogP contribution in [0.2, 0.25) is 0 Å². The fraction of sp³-hybridized carbons (Fsp3) is 0.375. The summed E-state index contributed by atoms with van der Waals surface area (Å²) in [6.45, 7) is 9.07. The normalized spacial score (nSPS) is 23.0. The van der Waals surface area contributed by atoms with Crippen LogP contribution in [0.15, 0.2) is 67.0 Å². The zero-order valence-corrected chi connectivity index (χ0v) is 23.8. The quantitative estimate of drug-likeness (QED) is 0.323. The molecule has 9 heteroatoms. The first-order valence-corrected chi connectivity index (χ1v) is 14.1. The van der Waals surface area contributed by atoms with Gasteiger partial charge in [0, 0.05) is 59.4 Å². The minimum Gasteiger partial charge on any atom is -0.361 e. The summed E-state index contributed by atoms with van der Waals surface area (Å²) in [4.78, 5) is 51.9. The second kappa shape index (κ2) is 9.90. The highest BCUT2D eigenvalue weighted by Gasteiger charge is 2.76. The van der Waals surface area contributed by atoms with Crippen LogP contribution in [0, 0.1) is 17.8 Å². The van der Waals surface area contributed by atoms with Gasteiger partial charge in [-0.15, -0.1) is 0 Å². The van der Waals surface area contributed by atoms with Crippen molar-refractivity contribution in [2.24, 2.45) is 10.8 Å². The largest absolute Gasteiger partial charge is 0.361 e. The molecule has 9 nitrogen and oxygen atoms in total. The molecule has 0 bridgehead atoms. The number of hydrogen-bond acceptors (Lipinski definition) is 4. The molecular weight excluding hydrogens is 516 g/mol. The Hall–Kier alpha value is -4.40. The van der Waals surface area contributed by atoms with Crippen molar-refractivity contribution in [1.82, 2.24) is 30.1 Å². The lowest BCUT2D eigenvalue weighted by Crippen LogP contribution is -2.61. The second-order valence-corrected chi connectivity index (χ2v) is 12.5. The number of fused-ring (bicyclic) bond motifs is 1. The molecule has 4 atom stereocenters. The van der Waals surface area contributed by atoms with Gasteiger partial charge >= 0.3 is 0 Å². The van der Waals surface area contributed by atoms with Crippen molar-refractivity contribution in [3.8, 4) is 11.3 Å². The number of benzene rings is 1. The minimum atomic E-state index is -0.577. The van der Waals surface area contributed by atoms with E-state index in [1.807, 2.05) is 61.0 Å². The number of para-hydroxylation sites is 1. The highest BCUT2D eigenvalue weighted by atomic mass is 16.2. The molecule has 212 valence electrons. The van der Waals surface area contributed by atoms with Crippen LogP contribution < -0.4 is 5.32 Å². The van der Waals surface area contributed by atoms with Gasteiger partial charge in [-0.1, -0.05) is 39.0 Å². The third kappa shape index (κ3) is 4.69. The molecule has 1 saturated carbocycles. The van der Waals surface area contributed by atoms with Crippen molar-refractivity contribution in [2.45, 2.75) is 52.2 Å². The number of nitrogens with one attached hydrogen (secondary N) is 3. The number of H-pyrrole nitrogens is 2. The van der Waals surface area contributed by atoms with Gasteiger partial charge in [-0.3, -0.25) is 19.4 Å². The van der Waals surface area contributed by atoms with Gasteiger partial charge in [0.15, 0.2) is 0 Å². The molecule has 3 amide bonds. The zero-order chi connectivity index (χ0) is 28.9. The predicted octanol–water partition coefficient (Wildman–Crippen LogP) is 4.14. The molecule has 3 N–H and O–H groups in total. The molecular formula is C32H36N6O3. The van der Waals surface area contributed by atoms with Crippen molar-refractivity contribution in [3.05, 3.63) is 78.4 Å². The van der Waals surface area contributed by atoms with Gasteiger partial charge < -0.3 is 25.1 Å². The molecule has 3 fully saturated rings. The maximum Gasteiger partial charge on any atom is 0.272 e. The number of likely N-dealkylation sites (tertiary alicyclic amines) is 2. The lowest BCUT2D eigenvalue weighted by atomic mass is 9.85. The molecule has 0 radical (unpaired) electrons. The summed E-state index contributed by atoms with van der Waals surface area (Å²) in [7, 11) is 0. The lowest BCUT2D eigenvalue weighted by molar-refractivity contribution is -0.137. The number of amides is 3. The fourth-order valence-corrected chi connectivity index (χ4v) is 6.51.